The summed E-state index contributed by atoms with van der Waals surface area (Å²) in [6, 6.07) is 6.16. The first kappa shape index (κ1) is 12.8. The lowest BCUT2D eigenvalue weighted by Crippen LogP contribution is -2.06. The van der Waals surface area contributed by atoms with E-state index in [0.717, 1.165) is 34.4 Å². The molecule has 0 N–H and O–H groups in total. The molecule has 3 aromatic rings. The Kier molecular flexibility index (Phi) is 3.22. The van der Waals surface area contributed by atoms with Gasteiger partial charge in [-0.05, 0) is 36.6 Å². The Balaban J connectivity index is 2.11. The predicted octanol–water partition coefficient (Wildman–Crippen LogP) is 3.46. The SMILES string of the molecule is Cc1nn(CC(C)C)c2ncc(-c3ccncc3)cc12. The molecule has 4 nitrogen and oxygen atoms in total. The summed E-state index contributed by atoms with van der Waals surface area (Å²) in [4.78, 5) is 8.66. The summed E-state index contributed by atoms with van der Waals surface area (Å²) in [7, 11) is 0. The van der Waals surface area contributed by atoms with Gasteiger partial charge in [0.05, 0.1) is 5.69 Å². The van der Waals surface area contributed by atoms with E-state index in [-0.39, 0.29) is 0 Å². The van der Waals surface area contributed by atoms with Crippen LogP contribution in [0, 0.1) is 12.8 Å². The quantitative estimate of drug-likeness (QED) is 0.729. The number of aryl methyl sites for hydroxylation is 1. The third-order valence-electron chi connectivity index (χ3n) is 3.32. The molecule has 0 saturated carbocycles. The van der Waals surface area contributed by atoms with Crippen LogP contribution in [-0.2, 0) is 6.54 Å². The summed E-state index contributed by atoms with van der Waals surface area (Å²) < 4.78 is 2.01. The van der Waals surface area contributed by atoms with E-state index in [0.29, 0.717) is 5.92 Å². The summed E-state index contributed by atoms with van der Waals surface area (Å²) >= 11 is 0. The van der Waals surface area contributed by atoms with Crippen molar-refractivity contribution in [1.82, 2.24) is 19.7 Å². The van der Waals surface area contributed by atoms with Crippen molar-refractivity contribution in [3.63, 3.8) is 0 Å². The second kappa shape index (κ2) is 5.04. The van der Waals surface area contributed by atoms with E-state index in [1.54, 1.807) is 12.4 Å². The van der Waals surface area contributed by atoms with Crippen LogP contribution in [0.3, 0.4) is 0 Å². The Morgan fingerprint density at radius 3 is 2.60 bits per heavy atom. The Morgan fingerprint density at radius 1 is 1.15 bits per heavy atom. The topological polar surface area (TPSA) is 43.6 Å². The largest absolute Gasteiger partial charge is 0.265 e. The first-order chi connectivity index (χ1) is 9.65. The molecule has 0 aliphatic heterocycles. The summed E-state index contributed by atoms with van der Waals surface area (Å²) in [6.45, 7) is 7.31. The summed E-state index contributed by atoms with van der Waals surface area (Å²) in [5, 5.41) is 5.73. The molecule has 0 spiro atoms. The molecule has 4 heteroatoms. The first-order valence-corrected chi connectivity index (χ1v) is 6.88. The van der Waals surface area contributed by atoms with Gasteiger partial charge in [0.1, 0.15) is 0 Å². The fourth-order valence-electron chi connectivity index (χ4n) is 2.39. The Labute approximate surface area is 118 Å². The molecule has 0 radical (unpaired) electrons. The van der Waals surface area contributed by atoms with E-state index < -0.39 is 0 Å². The molecule has 102 valence electrons. The van der Waals surface area contributed by atoms with Crippen LogP contribution in [0.1, 0.15) is 19.5 Å². The highest BCUT2D eigenvalue weighted by atomic mass is 15.3. The summed E-state index contributed by atoms with van der Waals surface area (Å²) in [5.41, 5.74) is 4.23. The lowest BCUT2D eigenvalue weighted by atomic mass is 10.1. The molecule has 0 unspecified atom stereocenters. The fraction of sp³-hybridized carbons (Fsp3) is 0.312. The van der Waals surface area contributed by atoms with Crippen LogP contribution >= 0.6 is 0 Å². The van der Waals surface area contributed by atoms with Gasteiger partial charge in [-0.1, -0.05) is 13.8 Å². The van der Waals surface area contributed by atoms with Gasteiger partial charge in [0.15, 0.2) is 5.65 Å². The third kappa shape index (κ3) is 2.29. The van der Waals surface area contributed by atoms with E-state index in [1.807, 2.05) is 29.9 Å². The predicted molar refractivity (Wildman–Crippen MR) is 80.3 cm³/mol. The van der Waals surface area contributed by atoms with Gasteiger partial charge in [0.25, 0.3) is 0 Å². The smallest absolute Gasteiger partial charge is 0.158 e. The minimum absolute atomic E-state index is 0.555. The van der Waals surface area contributed by atoms with E-state index in [4.69, 9.17) is 0 Å². The van der Waals surface area contributed by atoms with Crippen LogP contribution in [0.2, 0.25) is 0 Å². The lowest BCUT2D eigenvalue weighted by molar-refractivity contribution is 0.490. The molecule has 0 bridgehead atoms. The molecule has 3 heterocycles. The number of pyridine rings is 2. The number of hydrogen-bond acceptors (Lipinski definition) is 3. The van der Waals surface area contributed by atoms with Gasteiger partial charge >= 0.3 is 0 Å². The highest BCUT2D eigenvalue weighted by molar-refractivity contribution is 5.83. The van der Waals surface area contributed by atoms with Crippen LogP contribution in [0.5, 0.6) is 0 Å². The Bertz CT molecular complexity index is 729. The van der Waals surface area contributed by atoms with E-state index in [1.165, 1.54) is 0 Å². The highest BCUT2D eigenvalue weighted by Gasteiger charge is 2.11. The monoisotopic (exact) mass is 266 g/mol. The molecule has 0 amide bonds. The van der Waals surface area contributed by atoms with Crippen molar-refractivity contribution < 1.29 is 0 Å². The van der Waals surface area contributed by atoms with E-state index in [2.05, 4.69) is 35.0 Å². The van der Waals surface area contributed by atoms with E-state index in [9.17, 15) is 0 Å². The maximum Gasteiger partial charge on any atom is 0.158 e. The highest BCUT2D eigenvalue weighted by Crippen LogP contribution is 2.24. The third-order valence-corrected chi connectivity index (χ3v) is 3.32. The van der Waals surface area contributed by atoms with Crippen LogP contribution < -0.4 is 0 Å². The average Bonchev–Trinajstić information content (AvgIpc) is 2.75. The summed E-state index contributed by atoms with van der Waals surface area (Å²) in [5.74, 6) is 0.555. The molecular formula is C16H18N4. The number of aromatic nitrogens is 4. The van der Waals surface area contributed by atoms with Crippen molar-refractivity contribution in [2.45, 2.75) is 27.3 Å². The zero-order chi connectivity index (χ0) is 14.1. The molecule has 3 aromatic heterocycles. The van der Waals surface area contributed by atoms with Crippen molar-refractivity contribution in [3.05, 3.63) is 42.5 Å². The van der Waals surface area contributed by atoms with Crippen LogP contribution in [0.4, 0.5) is 0 Å². The van der Waals surface area contributed by atoms with Gasteiger partial charge in [-0.2, -0.15) is 5.10 Å². The fourth-order valence-corrected chi connectivity index (χ4v) is 2.39. The molecule has 0 atom stereocenters. The second-order valence-electron chi connectivity index (χ2n) is 5.49. The van der Waals surface area contributed by atoms with Crippen molar-refractivity contribution in [2.24, 2.45) is 5.92 Å². The van der Waals surface area contributed by atoms with Gasteiger partial charge < -0.3 is 0 Å². The minimum Gasteiger partial charge on any atom is -0.265 e. The van der Waals surface area contributed by atoms with Crippen LogP contribution in [0.25, 0.3) is 22.2 Å². The van der Waals surface area contributed by atoms with Gasteiger partial charge in [0.2, 0.25) is 0 Å². The zero-order valence-electron chi connectivity index (χ0n) is 12.0. The van der Waals surface area contributed by atoms with E-state index >= 15 is 0 Å². The molecule has 0 saturated heterocycles. The Morgan fingerprint density at radius 2 is 1.90 bits per heavy atom. The number of nitrogens with zero attached hydrogens (tertiary/aromatic N) is 4. The van der Waals surface area contributed by atoms with Crippen molar-refractivity contribution in [3.8, 4) is 11.1 Å². The molecule has 0 aliphatic rings. The maximum atomic E-state index is 4.61. The minimum atomic E-state index is 0.555. The maximum absolute atomic E-state index is 4.61. The van der Waals surface area contributed by atoms with Crippen molar-refractivity contribution in [1.29, 1.82) is 0 Å². The molecule has 3 rings (SSSR count). The molecule has 20 heavy (non-hydrogen) atoms. The molecule has 0 fully saturated rings. The van der Waals surface area contributed by atoms with Crippen molar-refractivity contribution >= 4 is 11.0 Å². The average molecular weight is 266 g/mol. The Hall–Kier alpha value is -2.23. The van der Waals surface area contributed by atoms with Crippen LogP contribution in [0.15, 0.2) is 36.8 Å². The van der Waals surface area contributed by atoms with Gasteiger partial charge in [-0.15, -0.1) is 0 Å². The number of rotatable bonds is 3. The van der Waals surface area contributed by atoms with Crippen LogP contribution in [-0.4, -0.2) is 19.7 Å². The first-order valence-electron chi connectivity index (χ1n) is 6.88. The normalized spacial score (nSPS) is 11.4. The number of fused-ring (bicyclic) bond motifs is 1. The molecular weight excluding hydrogens is 248 g/mol. The van der Waals surface area contributed by atoms with Crippen molar-refractivity contribution in [2.75, 3.05) is 0 Å². The standard InChI is InChI=1S/C16H18N4/c1-11(2)10-20-16-15(12(3)19-20)8-14(9-18-16)13-4-6-17-7-5-13/h4-9,11H,10H2,1-3H3. The second-order valence-corrected chi connectivity index (χ2v) is 5.49. The number of hydrogen-bond donors (Lipinski definition) is 0. The molecule has 0 aromatic carbocycles. The van der Waals surface area contributed by atoms with Gasteiger partial charge in [-0.3, -0.25) is 4.98 Å². The summed E-state index contributed by atoms with van der Waals surface area (Å²) in [6.07, 6.45) is 5.51. The molecule has 0 aliphatic carbocycles. The lowest BCUT2D eigenvalue weighted by Gasteiger charge is -2.06. The van der Waals surface area contributed by atoms with Gasteiger partial charge in [0, 0.05) is 36.1 Å². The zero-order valence-corrected chi connectivity index (χ0v) is 12.0. The van der Waals surface area contributed by atoms with Gasteiger partial charge in [-0.25, -0.2) is 9.67 Å².